The van der Waals surface area contributed by atoms with Gasteiger partial charge in [0, 0.05) is 0 Å². The Kier molecular flexibility index (Phi) is 5.32. The lowest BCUT2D eigenvalue weighted by atomic mass is 10.2. The smallest absolute Gasteiger partial charge is 0.449 e. The predicted molar refractivity (Wildman–Crippen MR) is 103 cm³/mol. The minimum absolute atomic E-state index is 0.0420. The van der Waals surface area contributed by atoms with Crippen LogP contribution in [0.4, 0.5) is 18.9 Å². The monoisotopic (exact) mass is 431 g/mol. The molecular weight excluding hydrogens is 415 g/mol. The molecule has 160 valence electrons. The van der Waals surface area contributed by atoms with Gasteiger partial charge in [-0.15, -0.1) is 0 Å². The van der Waals surface area contributed by atoms with Crippen LogP contribution in [0.25, 0.3) is 11.0 Å². The Balaban J connectivity index is 1.52. The minimum Gasteiger partial charge on any atom is -0.495 e. The predicted octanol–water partition coefficient (Wildman–Crippen LogP) is 3.68. The summed E-state index contributed by atoms with van der Waals surface area (Å²) in [5.41, 5.74) is 0.952. The number of carbonyl (C=O) groups is 1. The molecule has 4 aromatic rings. The average molecular weight is 431 g/mol. The molecule has 8 nitrogen and oxygen atoms in total. The molecule has 4 rings (SSSR count). The molecule has 1 N–H and O–H groups in total. The van der Waals surface area contributed by atoms with Crippen LogP contribution < -0.4 is 10.1 Å². The highest BCUT2D eigenvalue weighted by Crippen LogP contribution is 2.32. The van der Waals surface area contributed by atoms with Gasteiger partial charge in [-0.25, -0.2) is 4.98 Å². The third kappa shape index (κ3) is 4.34. The first kappa shape index (κ1) is 20.4. The lowest BCUT2D eigenvalue weighted by Gasteiger charge is -2.09. The molecule has 0 aliphatic rings. The summed E-state index contributed by atoms with van der Waals surface area (Å²) in [5, 5.41) is 6.37. The van der Waals surface area contributed by atoms with Gasteiger partial charge in [-0.1, -0.05) is 29.4 Å². The molecule has 0 unspecified atom stereocenters. The second-order valence-corrected chi connectivity index (χ2v) is 6.54. The number of halogens is 3. The van der Waals surface area contributed by atoms with Gasteiger partial charge in [0.25, 0.3) is 0 Å². The van der Waals surface area contributed by atoms with E-state index >= 15 is 0 Å². The van der Waals surface area contributed by atoms with Crippen LogP contribution in [0.3, 0.4) is 0 Å². The number of carbonyl (C=O) groups excluding carboxylic acids is 1. The largest absolute Gasteiger partial charge is 0.495 e. The van der Waals surface area contributed by atoms with Gasteiger partial charge in [0.15, 0.2) is 5.82 Å². The number of nitrogens with zero attached hydrogens (tertiary/aromatic N) is 4. The summed E-state index contributed by atoms with van der Waals surface area (Å²) in [6.45, 7) is -0.337. The molecule has 0 atom stereocenters. The third-order valence-electron chi connectivity index (χ3n) is 4.41. The van der Waals surface area contributed by atoms with Crippen LogP contribution in [-0.4, -0.2) is 32.7 Å². The van der Waals surface area contributed by atoms with Crippen LogP contribution in [0.1, 0.15) is 17.5 Å². The maximum atomic E-state index is 13.4. The number of imidazole rings is 1. The summed E-state index contributed by atoms with van der Waals surface area (Å²) in [7, 11) is 1.48. The molecular formula is C20H16F3N5O3. The Morgan fingerprint density at radius 2 is 1.87 bits per heavy atom. The van der Waals surface area contributed by atoms with E-state index in [0.717, 1.165) is 4.57 Å². The molecule has 2 aromatic heterocycles. The number of benzene rings is 2. The fourth-order valence-electron chi connectivity index (χ4n) is 3.10. The van der Waals surface area contributed by atoms with Crippen molar-refractivity contribution < 1.29 is 27.2 Å². The zero-order chi connectivity index (χ0) is 22.0. The summed E-state index contributed by atoms with van der Waals surface area (Å²) in [6, 6.07) is 13.1. The lowest BCUT2D eigenvalue weighted by Crippen LogP contribution is -2.16. The molecule has 2 heterocycles. The standard InChI is InChI=1S/C20H16F3N5O3/c1-30-15-9-5-3-7-13(15)24-17(29)10-16-26-18(31-27-16)11-28-14-8-4-2-6-12(14)25-19(28)20(21,22)23/h2-9H,10-11H2,1H3,(H,24,29). The number of methoxy groups -OCH3 is 1. The van der Waals surface area contributed by atoms with Gasteiger partial charge in [-0.05, 0) is 24.3 Å². The van der Waals surface area contributed by atoms with E-state index in [1.165, 1.54) is 19.2 Å². The SMILES string of the molecule is COc1ccccc1NC(=O)Cc1noc(Cn2c(C(F)(F)F)nc3ccccc32)n1. The number of hydrogen-bond donors (Lipinski definition) is 1. The molecule has 0 spiro atoms. The molecule has 0 saturated carbocycles. The molecule has 0 bridgehead atoms. The van der Waals surface area contributed by atoms with Crippen LogP contribution in [-0.2, 0) is 23.9 Å². The molecule has 0 aliphatic heterocycles. The summed E-state index contributed by atoms with van der Waals surface area (Å²) in [4.78, 5) is 20.0. The van der Waals surface area contributed by atoms with Gasteiger partial charge < -0.3 is 19.1 Å². The van der Waals surface area contributed by atoms with Gasteiger partial charge in [-0.2, -0.15) is 18.2 Å². The fourth-order valence-corrected chi connectivity index (χ4v) is 3.10. The van der Waals surface area contributed by atoms with E-state index in [9.17, 15) is 18.0 Å². The zero-order valence-electron chi connectivity index (χ0n) is 16.2. The normalized spacial score (nSPS) is 11.6. The number of alkyl halides is 3. The number of rotatable bonds is 6. The van der Waals surface area contributed by atoms with Gasteiger partial charge in [0.05, 0.1) is 30.3 Å². The lowest BCUT2D eigenvalue weighted by molar-refractivity contribution is -0.146. The molecule has 11 heteroatoms. The number of nitrogens with one attached hydrogen (secondary N) is 1. The zero-order valence-corrected chi connectivity index (χ0v) is 16.2. The number of para-hydroxylation sites is 4. The second kappa shape index (κ2) is 8.09. The Bertz CT molecular complexity index is 1230. The van der Waals surface area contributed by atoms with Crippen molar-refractivity contribution in [3.05, 3.63) is 66.1 Å². The number of aromatic nitrogens is 4. The fraction of sp³-hybridized carbons (Fsp3) is 0.200. The molecule has 1 amide bonds. The number of anilines is 1. The number of hydrogen-bond acceptors (Lipinski definition) is 6. The highest BCUT2D eigenvalue weighted by Gasteiger charge is 2.38. The third-order valence-corrected chi connectivity index (χ3v) is 4.41. The van der Waals surface area contributed by atoms with Crippen molar-refractivity contribution in [3.8, 4) is 5.75 Å². The maximum Gasteiger partial charge on any atom is 0.449 e. The van der Waals surface area contributed by atoms with Crippen LogP contribution in [0, 0.1) is 0 Å². The first-order chi connectivity index (χ1) is 14.8. The van der Waals surface area contributed by atoms with E-state index in [4.69, 9.17) is 9.26 Å². The van der Waals surface area contributed by atoms with Crippen LogP contribution in [0.15, 0.2) is 53.1 Å². The molecule has 0 fully saturated rings. The minimum atomic E-state index is -4.66. The van der Waals surface area contributed by atoms with Crippen molar-refractivity contribution >= 4 is 22.6 Å². The summed E-state index contributed by atoms with van der Waals surface area (Å²) >= 11 is 0. The van der Waals surface area contributed by atoms with Crippen LogP contribution in [0.2, 0.25) is 0 Å². The molecule has 0 aliphatic carbocycles. The molecule has 31 heavy (non-hydrogen) atoms. The summed E-state index contributed by atoms with van der Waals surface area (Å²) in [5.74, 6) is -1.05. The van der Waals surface area contributed by atoms with Crippen molar-refractivity contribution in [2.45, 2.75) is 19.1 Å². The second-order valence-electron chi connectivity index (χ2n) is 6.54. The van der Waals surface area contributed by atoms with Gasteiger partial charge >= 0.3 is 6.18 Å². The van der Waals surface area contributed by atoms with Crippen molar-refractivity contribution in [2.24, 2.45) is 0 Å². The van der Waals surface area contributed by atoms with Crippen molar-refractivity contribution in [1.29, 1.82) is 0 Å². The first-order valence-corrected chi connectivity index (χ1v) is 9.12. The highest BCUT2D eigenvalue weighted by molar-refractivity contribution is 5.93. The van der Waals surface area contributed by atoms with Gasteiger partial charge in [0.1, 0.15) is 12.3 Å². The van der Waals surface area contributed by atoms with Crippen molar-refractivity contribution in [2.75, 3.05) is 12.4 Å². The molecule has 0 saturated heterocycles. The Hall–Kier alpha value is -3.89. The van der Waals surface area contributed by atoms with E-state index in [1.54, 1.807) is 36.4 Å². The Labute approximate surface area is 173 Å². The number of amides is 1. The van der Waals surface area contributed by atoms with Crippen molar-refractivity contribution in [3.63, 3.8) is 0 Å². The quantitative estimate of drug-likeness (QED) is 0.501. The van der Waals surface area contributed by atoms with E-state index in [1.807, 2.05) is 0 Å². The average Bonchev–Trinajstić information content (AvgIpc) is 3.33. The topological polar surface area (TPSA) is 95.1 Å². The van der Waals surface area contributed by atoms with Crippen molar-refractivity contribution in [1.82, 2.24) is 19.7 Å². The summed E-state index contributed by atoms with van der Waals surface area (Å²) in [6.07, 6.45) is -4.88. The van der Waals surface area contributed by atoms with Gasteiger partial charge in [-0.3, -0.25) is 4.79 Å². The first-order valence-electron chi connectivity index (χ1n) is 9.12. The summed E-state index contributed by atoms with van der Waals surface area (Å²) < 4.78 is 51.5. The van der Waals surface area contributed by atoms with E-state index in [0.29, 0.717) is 11.4 Å². The van der Waals surface area contributed by atoms with Crippen LogP contribution in [0.5, 0.6) is 5.75 Å². The number of ether oxygens (including phenoxy) is 1. The Morgan fingerprint density at radius 1 is 1.13 bits per heavy atom. The molecule has 2 aromatic carbocycles. The number of fused-ring (bicyclic) bond motifs is 1. The van der Waals surface area contributed by atoms with E-state index in [-0.39, 0.29) is 35.7 Å². The van der Waals surface area contributed by atoms with E-state index in [2.05, 4.69) is 20.4 Å². The molecule has 0 radical (unpaired) electrons. The van der Waals surface area contributed by atoms with E-state index < -0.39 is 17.9 Å². The van der Waals surface area contributed by atoms with Gasteiger partial charge in [0.2, 0.25) is 17.6 Å². The van der Waals surface area contributed by atoms with Crippen LogP contribution >= 0.6 is 0 Å². The Morgan fingerprint density at radius 3 is 2.65 bits per heavy atom. The maximum absolute atomic E-state index is 13.4. The highest BCUT2D eigenvalue weighted by atomic mass is 19.4.